The number of halogens is 1. The number of nitrogens with zero attached hydrogens (tertiary/aromatic N) is 5. The van der Waals surface area contributed by atoms with E-state index in [0.717, 1.165) is 24.1 Å². The molecule has 2 aliphatic rings. The molecule has 41 heavy (non-hydrogen) atoms. The summed E-state index contributed by atoms with van der Waals surface area (Å²) in [5.41, 5.74) is 8.67. The number of likely N-dealkylation sites (N-methyl/N-ethyl adjacent to an activating group) is 1. The Bertz CT molecular complexity index is 1600. The third kappa shape index (κ3) is 5.47. The average molecular weight is 557 g/mol. The first-order valence-electron chi connectivity index (χ1n) is 13.8. The van der Waals surface area contributed by atoms with Gasteiger partial charge in [-0.1, -0.05) is 24.3 Å². The van der Waals surface area contributed by atoms with Gasteiger partial charge in [0.05, 0.1) is 24.1 Å². The van der Waals surface area contributed by atoms with Gasteiger partial charge in [-0.3, -0.25) is 14.3 Å². The van der Waals surface area contributed by atoms with E-state index in [2.05, 4.69) is 21.9 Å². The van der Waals surface area contributed by atoms with Crippen LogP contribution in [0.1, 0.15) is 25.3 Å². The molecule has 2 aromatic heterocycles. The Balaban J connectivity index is 1.27. The van der Waals surface area contributed by atoms with Gasteiger partial charge in [-0.25, -0.2) is 14.4 Å². The SMILES string of the molecule is COc1c(-c2ccc(Oc3cccc(F)c3)cc2)c2c(N)ncnc2n1[C@@H]1CCN(C(=O)/C=C/CN(C)C2CC2)C1. The quantitative estimate of drug-likeness (QED) is 0.288. The first-order chi connectivity index (χ1) is 19.9. The Hall–Kier alpha value is -4.44. The minimum absolute atomic E-state index is 0.00961. The van der Waals surface area contributed by atoms with E-state index in [-0.39, 0.29) is 17.8 Å². The van der Waals surface area contributed by atoms with Crippen molar-refractivity contribution in [2.24, 2.45) is 0 Å². The lowest BCUT2D eigenvalue weighted by Crippen LogP contribution is -2.28. The highest BCUT2D eigenvalue weighted by atomic mass is 19.1. The van der Waals surface area contributed by atoms with Crippen LogP contribution in [-0.2, 0) is 4.79 Å². The van der Waals surface area contributed by atoms with Gasteiger partial charge >= 0.3 is 0 Å². The Morgan fingerprint density at radius 2 is 1.95 bits per heavy atom. The summed E-state index contributed by atoms with van der Waals surface area (Å²) in [4.78, 5) is 26.0. The first kappa shape index (κ1) is 26.8. The maximum Gasteiger partial charge on any atom is 0.246 e. The van der Waals surface area contributed by atoms with E-state index < -0.39 is 0 Å². The summed E-state index contributed by atoms with van der Waals surface area (Å²) in [6.45, 7) is 1.94. The Morgan fingerprint density at radius 3 is 2.68 bits per heavy atom. The molecule has 2 N–H and O–H groups in total. The number of benzene rings is 2. The second kappa shape index (κ2) is 11.2. The van der Waals surface area contributed by atoms with Crippen LogP contribution >= 0.6 is 0 Å². The van der Waals surface area contributed by atoms with Crippen molar-refractivity contribution < 1.29 is 18.7 Å². The van der Waals surface area contributed by atoms with Crippen LogP contribution in [0.15, 0.2) is 67.0 Å². The van der Waals surface area contributed by atoms with Crippen LogP contribution < -0.4 is 15.2 Å². The fourth-order valence-corrected chi connectivity index (χ4v) is 5.54. The first-order valence-corrected chi connectivity index (χ1v) is 13.8. The number of fused-ring (bicyclic) bond motifs is 1. The van der Waals surface area contributed by atoms with E-state index in [1.54, 1.807) is 25.3 Å². The normalized spacial score (nSPS) is 17.2. The molecule has 9 nitrogen and oxygen atoms in total. The third-order valence-corrected chi connectivity index (χ3v) is 7.80. The van der Waals surface area contributed by atoms with Gasteiger partial charge in [0.15, 0.2) is 0 Å². The molecule has 0 radical (unpaired) electrons. The van der Waals surface area contributed by atoms with Crippen LogP contribution in [0.2, 0.25) is 0 Å². The minimum Gasteiger partial charge on any atom is -0.482 e. The Labute approximate surface area is 238 Å². The van der Waals surface area contributed by atoms with Gasteiger partial charge in [-0.05, 0) is 56.1 Å². The molecular weight excluding hydrogens is 523 g/mol. The predicted molar refractivity (Wildman–Crippen MR) is 155 cm³/mol. The summed E-state index contributed by atoms with van der Waals surface area (Å²) in [6, 6.07) is 14.0. The Kier molecular flexibility index (Phi) is 7.32. The van der Waals surface area contributed by atoms with Gasteiger partial charge in [-0.2, -0.15) is 0 Å². The van der Waals surface area contributed by atoms with Crippen LogP contribution in [-0.4, -0.2) is 70.1 Å². The number of hydrogen-bond donors (Lipinski definition) is 1. The van der Waals surface area contributed by atoms with Crippen molar-refractivity contribution in [3.8, 4) is 28.5 Å². The second-order valence-corrected chi connectivity index (χ2v) is 10.6. The van der Waals surface area contributed by atoms with Gasteiger partial charge in [0.1, 0.15) is 35.1 Å². The van der Waals surface area contributed by atoms with Crippen LogP contribution in [0.5, 0.6) is 17.4 Å². The molecule has 1 saturated carbocycles. The summed E-state index contributed by atoms with van der Waals surface area (Å²) >= 11 is 0. The lowest BCUT2D eigenvalue weighted by molar-refractivity contribution is -0.125. The fraction of sp³-hybridized carbons (Fsp3) is 0.323. The summed E-state index contributed by atoms with van der Waals surface area (Å²) < 4.78 is 27.4. The van der Waals surface area contributed by atoms with Crippen molar-refractivity contribution in [1.82, 2.24) is 24.3 Å². The number of amides is 1. The van der Waals surface area contributed by atoms with E-state index in [1.807, 2.05) is 39.8 Å². The van der Waals surface area contributed by atoms with Gasteiger partial charge in [0, 0.05) is 37.8 Å². The van der Waals surface area contributed by atoms with Gasteiger partial charge in [-0.15, -0.1) is 0 Å². The zero-order valence-electron chi connectivity index (χ0n) is 23.2. The highest BCUT2D eigenvalue weighted by Crippen LogP contribution is 2.45. The summed E-state index contributed by atoms with van der Waals surface area (Å²) in [5.74, 6) is 1.57. The average Bonchev–Trinajstić information content (AvgIpc) is 3.61. The molecule has 10 heteroatoms. The monoisotopic (exact) mass is 556 g/mol. The highest BCUT2D eigenvalue weighted by Gasteiger charge is 2.33. The van der Waals surface area contributed by atoms with E-state index >= 15 is 0 Å². The van der Waals surface area contributed by atoms with Crippen molar-refractivity contribution in [3.63, 3.8) is 0 Å². The topological polar surface area (TPSA) is 98.7 Å². The van der Waals surface area contributed by atoms with E-state index in [9.17, 15) is 9.18 Å². The number of nitrogen functional groups attached to an aromatic ring is 1. The summed E-state index contributed by atoms with van der Waals surface area (Å²) in [6.07, 6.45) is 8.32. The van der Waals surface area contributed by atoms with Crippen molar-refractivity contribution in [1.29, 1.82) is 0 Å². The molecule has 0 unspecified atom stereocenters. The standard InChI is InChI=1S/C31H33FN6O3/c1-36(22-10-11-22)15-4-7-26(39)37-16-14-23(18-37)38-30-28(29(33)34-19-35-30)27(31(38)40-2)20-8-12-24(13-9-20)41-25-6-3-5-21(32)17-25/h3-9,12-13,17,19,22-23H,10-11,14-16,18H2,1-2H3,(H2,33,34,35)/b7-4+/t23-/m1/s1. The zero-order valence-corrected chi connectivity index (χ0v) is 23.2. The maximum absolute atomic E-state index is 13.6. The lowest BCUT2D eigenvalue weighted by atomic mass is 10.1. The molecule has 2 aromatic carbocycles. The molecule has 1 amide bonds. The molecule has 6 rings (SSSR count). The van der Waals surface area contributed by atoms with Crippen LogP contribution in [0.25, 0.3) is 22.2 Å². The molecule has 1 atom stereocenters. The predicted octanol–water partition coefficient (Wildman–Crippen LogP) is 5.04. The number of likely N-dealkylation sites (tertiary alicyclic amines) is 1. The fourth-order valence-electron chi connectivity index (χ4n) is 5.54. The number of methoxy groups -OCH3 is 1. The minimum atomic E-state index is -0.364. The molecule has 1 aliphatic carbocycles. The molecule has 0 spiro atoms. The van der Waals surface area contributed by atoms with Gasteiger partial charge < -0.3 is 20.1 Å². The second-order valence-electron chi connectivity index (χ2n) is 10.6. The molecule has 1 saturated heterocycles. The third-order valence-electron chi connectivity index (χ3n) is 7.80. The van der Waals surface area contributed by atoms with E-state index in [1.165, 1.54) is 31.3 Å². The lowest BCUT2D eigenvalue weighted by Gasteiger charge is -2.18. The van der Waals surface area contributed by atoms with E-state index in [0.29, 0.717) is 53.4 Å². The van der Waals surface area contributed by atoms with E-state index in [4.69, 9.17) is 15.2 Å². The number of aromatic nitrogens is 3. The number of nitrogens with two attached hydrogens (primary N) is 1. The summed E-state index contributed by atoms with van der Waals surface area (Å²) in [5, 5.41) is 0.691. The van der Waals surface area contributed by atoms with Crippen molar-refractivity contribution >= 4 is 22.8 Å². The maximum atomic E-state index is 13.6. The number of hydrogen-bond acceptors (Lipinski definition) is 7. The number of carbonyl (C=O) groups excluding carboxylic acids is 1. The molecule has 1 aliphatic heterocycles. The smallest absolute Gasteiger partial charge is 0.246 e. The van der Waals surface area contributed by atoms with Gasteiger partial charge in [0.2, 0.25) is 11.8 Å². The molecule has 0 bridgehead atoms. The van der Waals surface area contributed by atoms with Crippen molar-refractivity contribution in [2.75, 3.05) is 39.5 Å². The number of rotatable bonds is 9. The number of ether oxygens (including phenoxy) is 2. The van der Waals surface area contributed by atoms with Gasteiger partial charge in [0.25, 0.3) is 0 Å². The summed E-state index contributed by atoms with van der Waals surface area (Å²) in [7, 11) is 3.72. The van der Waals surface area contributed by atoms with Crippen LogP contribution in [0.3, 0.4) is 0 Å². The largest absolute Gasteiger partial charge is 0.482 e. The molecular formula is C31H33FN6O3. The highest BCUT2D eigenvalue weighted by molar-refractivity contribution is 6.04. The zero-order chi connectivity index (χ0) is 28.5. The van der Waals surface area contributed by atoms with Crippen molar-refractivity contribution in [2.45, 2.75) is 31.3 Å². The molecule has 4 aromatic rings. The molecule has 3 heterocycles. The Morgan fingerprint density at radius 1 is 1.15 bits per heavy atom. The van der Waals surface area contributed by atoms with Crippen molar-refractivity contribution in [3.05, 3.63) is 72.8 Å². The number of anilines is 1. The van der Waals surface area contributed by atoms with Crippen LogP contribution in [0.4, 0.5) is 10.2 Å². The molecule has 212 valence electrons. The number of carbonyl (C=O) groups is 1. The van der Waals surface area contributed by atoms with Crippen LogP contribution in [0, 0.1) is 5.82 Å². The molecule has 2 fully saturated rings.